The summed E-state index contributed by atoms with van der Waals surface area (Å²) in [6.45, 7) is 13.3. The second-order valence-electron chi connectivity index (χ2n) is 7.93. The van der Waals surface area contributed by atoms with Crippen LogP contribution in [-0.2, 0) is 22.5 Å². The summed E-state index contributed by atoms with van der Waals surface area (Å²) in [6.07, 6.45) is 0.227. The van der Waals surface area contributed by atoms with Gasteiger partial charge in [0.2, 0.25) is 0 Å². The molecule has 1 unspecified atom stereocenters. The van der Waals surface area contributed by atoms with Gasteiger partial charge in [-0.05, 0) is 38.8 Å². The quantitative estimate of drug-likeness (QED) is 0.599. The Morgan fingerprint density at radius 2 is 1.90 bits per heavy atom. The lowest BCUT2D eigenvalue weighted by atomic mass is 10.0. The molecule has 1 atom stereocenters. The summed E-state index contributed by atoms with van der Waals surface area (Å²) in [5.41, 5.74) is 0.581. The van der Waals surface area contributed by atoms with Crippen LogP contribution in [0.1, 0.15) is 63.0 Å². The van der Waals surface area contributed by atoms with E-state index in [0.717, 1.165) is 0 Å². The highest BCUT2D eigenvalue weighted by Gasteiger charge is 2.28. The summed E-state index contributed by atoms with van der Waals surface area (Å²) in [7, 11) is 0. The maximum Gasteiger partial charge on any atom is 0.410 e. The van der Waals surface area contributed by atoms with Crippen molar-refractivity contribution in [2.75, 3.05) is 26.2 Å². The van der Waals surface area contributed by atoms with E-state index in [1.54, 1.807) is 4.90 Å². The number of amides is 1. The molecule has 1 fully saturated rings. The average Bonchev–Trinajstić information content (AvgIpc) is 2.70. The molecule has 1 saturated heterocycles. The SMILES string of the molecule is CC.CCc1c(Cl)cc(C(=O)O)c(COCC2CN(C(=O)OC(C)(C)C)CCN2)c1Cl. The third-order valence-corrected chi connectivity index (χ3v) is 5.26. The topological polar surface area (TPSA) is 88.1 Å². The normalized spacial score (nSPS) is 16.4. The summed E-state index contributed by atoms with van der Waals surface area (Å²) in [5, 5.41) is 13.4. The molecule has 0 spiro atoms. The van der Waals surface area contributed by atoms with Gasteiger partial charge in [0.05, 0.1) is 23.8 Å². The number of carbonyl (C=O) groups is 2. The number of halogens is 2. The lowest BCUT2D eigenvalue weighted by Gasteiger charge is -2.34. The van der Waals surface area contributed by atoms with Crippen LogP contribution in [0.25, 0.3) is 0 Å². The number of aromatic carboxylic acids is 1. The van der Waals surface area contributed by atoms with Crippen molar-refractivity contribution in [3.8, 4) is 0 Å². The second kappa shape index (κ2) is 12.5. The van der Waals surface area contributed by atoms with E-state index in [9.17, 15) is 14.7 Å². The number of carboxylic acids is 1. The Morgan fingerprint density at radius 1 is 1.26 bits per heavy atom. The molecule has 1 aliphatic heterocycles. The highest BCUT2D eigenvalue weighted by atomic mass is 35.5. The predicted octanol–water partition coefficient (Wildman–Crippen LogP) is 5.01. The van der Waals surface area contributed by atoms with Crippen molar-refractivity contribution in [2.24, 2.45) is 0 Å². The second-order valence-corrected chi connectivity index (χ2v) is 8.71. The van der Waals surface area contributed by atoms with Gasteiger partial charge in [-0.1, -0.05) is 44.0 Å². The molecule has 176 valence electrons. The van der Waals surface area contributed by atoms with E-state index in [0.29, 0.717) is 53.8 Å². The first kappa shape index (κ1) is 27.5. The van der Waals surface area contributed by atoms with Gasteiger partial charge in [-0.15, -0.1) is 0 Å². The number of benzene rings is 1. The van der Waals surface area contributed by atoms with Gasteiger partial charge in [0.25, 0.3) is 0 Å². The fraction of sp³-hybridized carbons (Fsp3) is 0.636. The van der Waals surface area contributed by atoms with E-state index < -0.39 is 11.6 Å². The van der Waals surface area contributed by atoms with E-state index in [2.05, 4.69) is 5.32 Å². The summed E-state index contributed by atoms with van der Waals surface area (Å²) in [6, 6.07) is 1.32. The van der Waals surface area contributed by atoms with Crippen molar-refractivity contribution >= 4 is 35.3 Å². The van der Waals surface area contributed by atoms with Gasteiger partial charge >= 0.3 is 12.1 Å². The molecule has 0 aliphatic carbocycles. The summed E-state index contributed by atoms with van der Waals surface area (Å²) in [5.74, 6) is -1.11. The first-order chi connectivity index (χ1) is 14.5. The van der Waals surface area contributed by atoms with E-state index in [4.69, 9.17) is 32.7 Å². The van der Waals surface area contributed by atoms with Crippen molar-refractivity contribution < 1.29 is 24.2 Å². The molecular weight excluding hydrogens is 443 g/mol. The number of rotatable bonds is 6. The number of nitrogens with zero attached hydrogens (tertiary/aromatic N) is 1. The van der Waals surface area contributed by atoms with Gasteiger partial charge in [-0.2, -0.15) is 0 Å². The first-order valence-electron chi connectivity index (χ1n) is 10.6. The van der Waals surface area contributed by atoms with Gasteiger partial charge in [0, 0.05) is 36.3 Å². The molecule has 1 aliphatic rings. The van der Waals surface area contributed by atoms with Crippen molar-refractivity contribution in [3.05, 3.63) is 32.8 Å². The third-order valence-electron chi connectivity index (χ3n) is 4.47. The van der Waals surface area contributed by atoms with Crippen molar-refractivity contribution in [1.82, 2.24) is 10.2 Å². The molecule has 7 nitrogen and oxygen atoms in total. The zero-order chi connectivity index (χ0) is 23.8. The molecule has 0 aromatic heterocycles. The van der Waals surface area contributed by atoms with Crippen molar-refractivity contribution in [3.63, 3.8) is 0 Å². The molecular formula is C22H34Cl2N2O5. The Bertz CT molecular complexity index is 765. The van der Waals surface area contributed by atoms with Gasteiger partial charge < -0.3 is 24.8 Å². The molecule has 1 aromatic carbocycles. The fourth-order valence-electron chi connectivity index (χ4n) is 3.09. The fourth-order valence-corrected chi connectivity index (χ4v) is 3.87. The lowest BCUT2D eigenvalue weighted by Crippen LogP contribution is -2.55. The maximum atomic E-state index is 12.3. The van der Waals surface area contributed by atoms with Gasteiger partial charge in [0.15, 0.2) is 0 Å². The van der Waals surface area contributed by atoms with Crippen LogP contribution in [0.5, 0.6) is 0 Å². The van der Waals surface area contributed by atoms with E-state index in [-0.39, 0.29) is 24.3 Å². The molecule has 1 heterocycles. The Morgan fingerprint density at radius 3 is 2.45 bits per heavy atom. The lowest BCUT2D eigenvalue weighted by molar-refractivity contribution is 0.0126. The van der Waals surface area contributed by atoms with Gasteiger partial charge in [-0.25, -0.2) is 9.59 Å². The van der Waals surface area contributed by atoms with Crippen LogP contribution in [-0.4, -0.2) is 60.0 Å². The van der Waals surface area contributed by atoms with Crippen LogP contribution in [0.4, 0.5) is 4.79 Å². The first-order valence-corrected chi connectivity index (χ1v) is 11.3. The summed E-state index contributed by atoms with van der Waals surface area (Å²) in [4.78, 5) is 25.5. The Hall–Kier alpha value is -1.54. The molecule has 0 bridgehead atoms. The number of piperazine rings is 1. The number of hydrogen-bond acceptors (Lipinski definition) is 5. The predicted molar refractivity (Wildman–Crippen MR) is 123 cm³/mol. The highest BCUT2D eigenvalue weighted by molar-refractivity contribution is 6.37. The number of nitrogens with one attached hydrogen (secondary N) is 1. The molecule has 0 radical (unpaired) electrons. The van der Waals surface area contributed by atoms with Crippen LogP contribution < -0.4 is 5.32 Å². The van der Waals surface area contributed by atoms with Crippen molar-refractivity contribution in [1.29, 1.82) is 0 Å². The number of carbonyl (C=O) groups excluding carboxylic acids is 1. The van der Waals surface area contributed by atoms with E-state index >= 15 is 0 Å². The minimum atomic E-state index is -1.11. The van der Waals surface area contributed by atoms with Gasteiger partial charge in [0.1, 0.15) is 5.60 Å². The molecule has 2 rings (SSSR count). The number of ether oxygens (including phenoxy) is 2. The smallest absolute Gasteiger partial charge is 0.410 e. The zero-order valence-corrected chi connectivity index (χ0v) is 20.7. The Balaban J connectivity index is 0.00000233. The minimum Gasteiger partial charge on any atom is -0.478 e. The monoisotopic (exact) mass is 476 g/mol. The summed E-state index contributed by atoms with van der Waals surface area (Å²) >= 11 is 12.5. The van der Waals surface area contributed by atoms with Crippen LogP contribution in [0.3, 0.4) is 0 Å². The van der Waals surface area contributed by atoms with Gasteiger partial charge in [-0.3, -0.25) is 0 Å². The minimum absolute atomic E-state index is 0.0317. The maximum absolute atomic E-state index is 12.3. The van der Waals surface area contributed by atoms with Crippen LogP contribution in [0.15, 0.2) is 6.07 Å². The highest BCUT2D eigenvalue weighted by Crippen LogP contribution is 2.32. The third kappa shape index (κ3) is 8.15. The van der Waals surface area contributed by atoms with Crippen LogP contribution in [0, 0.1) is 0 Å². The molecule has 31 heavy (non-hydrogen) atoms. The molecule has 9 heteroatoms. The largest absolute Gasteiger partial charge is 0.478 e. The molecule has 1 amide bonds. The Labute approximate surface area is 195 Å². The van der Waals surface area contributed by atoms with Crippen LogP contribution in [0.2, 0.25) is 10.0 Å². The Kier molecular flexibility index (Phi) is 11.1. The molecule has 0 saturated carbocycles. The zero-order valence-electron chi connectivity index (χ0n) is 19.2. The van der Waals surface area contributed by atoms with E-state index in [1.165, 1.54) is 6.07 Å². The standard InChI is InChI=1S/C20H28Cl2N2O5.C2H6/c1-5-13-16(21)8-14(18(25)26)15(17(13)22)11-28-10-12-9-24(7-6-23-12)19(27)29-20(2,3)4;1-2/h8,12,23H,5-7,9-11H2,1-4H3,(H,25,26);1-2H3. The average molecular weight is 477 g/mol. The number of hydrogen-bond donors (Lipinski definition) is 2. The molecule has 1 aromatic rings. The van der Waals surface area contributed by atoms with Crippen molar-refractivity contribution in [2.45, 2.75) is 66.2 Å². The summed E-state index contributed by atoms with van der Waals surface area (Å²) < 4.78 is 11.2. The van der Waals surface area contributed by atoms with Crippen LogP contribution >= 0.6 is 23.2 Å². The van der Waals surface area contributed by atoms with E-state index in [1.807, 2.05) is 41.5 Å². The molecule has 2 N–H and O–H groups in total. The number of carboxylic acid groups (broad SMARTS) is 1.